The summed E-state index contributed by atoms with van der Waals surface area (Å²) in [7, 11) is 3.07. The van der Waals surface area contributed by atoms with E-state index in [9.17, 15) is 4.79 Å². The molecule has 8 heteroatoms. The standard InChI is InChI=1S/C17H17N5O3/c1-24-15-6-12(7-16(8-15)25-2)17(23)19-9-13-11-22(21-20-13)14-4-3-5-18-10-14/h3-8,10-11H,9H2,1-2H3,(H,19,23). The number of hydrogen-bond acceptors (Lipinski definition) is 6. The summed E-state index contributed by atoms with van der Waals surface area (Å²) in [4.78, 5) is 16.4. The highest BCUT2D eigenvalue weighted by atomic mass is 16.5. The zero-order valence-corrected chi connectivity index (χ0v) is 13.8. The number of nitrogens with one attached hydrogen (secondary N) is 1. The van der Waals surface area contributed by atoms with Crippen molar-refractivity contribution in [3.63, 3.8) is 0 Å². The van der Waals surface area contributed by atoms with E-state index in [1.807, 2.05) is 12.1 Å². The van der Waals surface area contributed by atoms with Crippen LogP contribution in [0.4, 0.5) is 0 Å². The van der Waals surface area contributed by atoms with Gasteiger partial charge in [0.15, 0.2) is 0 Å². The minimum absolute atomic E-state index is 0.249. The molecular formula is C17H17N5O3. The van der Waals surface area contributed by atoms with Gasteiger partial charge in [0.2, 0.25) is 0 Å². The van der Waals surface area contributed by atoms with Gasteiger partial charge in [0.05, 0.1) is 38.8 Å². The van der Waals surface area contributed by atoms with E-state index in [1.54, 1.807) is 41.5 Å². The molecule has 2 heterocycles. The van der Waals surface area contributed by atoms with Crippen molar-refractivity contribution >= 4 is 5.91 Å². The van der Waals surface area contributed by atoms with Gasteiger partial charge in [-0.25, -0.2) is 4.68 Å². The number of hydrogen-bond donors (Lipinski definition) is 1. The summed E-state index contributed by atoms with van der Waals surface area (Å²) in [5, 5.41) is 10.9. The van der Waals surface area contributed by atoms with E-state index < -0.39 is 0 Å². The molecule has 0 aliphatic rings. The molecule has 128 valence electrons. The second kappa shape index (κ2) is 7.43. The van der Waals surface area contributed by atoms with Gasteiger partial charge in [0, 0.05) is 17.8 Å². The third-order valence-corrected chi connectivity index (χ3v) is 3.49. The Hall–Kier alpha value is -3.42. The van der Waals surface area contributed by atoms with Crippen LogP contribution in [0.15, 0.2) is 48.9 Å². The predicted molar refractivity (Wildman–Crippen MR) is 89.9 cm³/mol. The maximum absolute atomic E-state index is 12.3. The van der Waals surface area contributed by atoms with Gasteiger partial charge < -0.3 is 14.8 Å². The number of ether oxygens (including phenoxy) is 2. The zero-order chi connectivity index (χ0) is 17.6. The number of carbonyl (C=O) groups is 1. The van der Waals surface area contributed by atoms with Crippen molar-refractivity contribution in [1.29, 1.82) is 0 Å². The van der Waals surface area contributed by atoms with Gasteiger partial charge in [0.25, 0.3) is 5.91 Å². The van der Waals surface area contributed by atoms with Crippen LogP contribution in [0.25, 0.3) is 5.69 Å². The molecular weight excluding hydrogens is 322 g/mol. The minimum Gasteiger partial charge on any atom is -0.497 e. The topological polar surface area (TPSA) is 91.2 Å². The Labute approximate surface area is 144 Å². The lowest BCUT2D eigenvalue weighted by Gasteiger charge is -2.08. The second-order valence-corrected chi connectivity index (χ2v) is 5.15. The van der Waals surface area contributed by atoms with Gasteiger partial charge in [-0.2, -0.15) is 0 Å². The average molecular weight is 339 g/mol. The van der Waals surface area contributed by atoms with Crippen molar-refractivity contribution in [2.24, 2.45) is 0 Å². The summed E-state index contributed by atoms with van der Waals surface area (Å²) in [5.74, 6) is 0.840. The third kappa shape index (κ3) is 3.92. The monoisotopic (exact) mass is 339 g/mol. The van der Waals surface area contributed by atoms with Crippen LogP contribution in [-0.4, -0.2) is 40.1 Å². The van der Waals surface area contributed by atoms with Crippen LogP contribution in [0.3, 0.4) is 0 Å². The van der Waals surface area contributed by atoms with E-state index in [2.05, 4.69) is 20.6 Å². The minimum atomic E-state index is -0.256. The fraction of sp³-hybridized carbons (Fsp3) is 0.176. The number of carbonyl (C=O) groups excluding carboxylic acids is 1. The summed E-state index contributed by atoms with van der Waals surface area (Å²) >= 11 is 0. The van der Waals surface area contributed by atoms with Crippen LogP contribution >= 0.6 is 0 Å². The zero-order valence-electron chi connectivity index (χ0n) is 13.8. The summed E-state index contributed by atoms with van der Waals surface area (Å²) in [6.07, 6.45) is 5.10. The Balaban J connectivity index is 1.68. The maximum Gasteiger partial charge on any atom is 0.251 e. The second-order valence-electron chi connectivity index (χ2n) is 5.15. The van der Waals surface area contributed by atoms with E-state index in [0.29, 0.717) is 22.8 Å². The number of aromatic nitrogens is 4. The van der Waals surface area contributed by atoms with Crippen molar-refractivity contribution in [3.05, 3.63) is 60.2 Å². The van der Waals surface area contributed by atoms with E-state index >= 15 is 0 Å². The lowest BCUT2D eigenvalue weighted by Crippen LogP contribution is -2.23. The highest BCUT2D eigenvalue weighted by Gasteiger charge is 2.11. The molecule has 1 aromatic carbocycles. The van der Waals surface area contributed by atoms with Gasteiger partial charge in [-0.3, -0.25) is 9.78 Å². The SMILES string of the molecule is COc1cc(OC)cc(C(=O)NCc2cn(-c3cccnc3)nn2)c1. The van der Waals surface area contributed by atoms with Gasteiger partial charge in [-0.1, -0.05) is 5.21 Å². The lowest BCUT2D eigenvalue weighted by atomic mass is 10.2. The molecule has 8 nitrogen and oxygen atoms in total. The molecule has 0 aliphatic heterocycles. The lowest BCUT2D eigenvalue weighted by molar-refractivity contribution is 0.0949. The molecule has 3 rings (SSSR count). The Morgan fingerprint density at radius 3 is 2.60 bits per heavy atom. The summed E-state index contributed by atoms with van der Waals surface area (Å²) in [6, 6.07) is 8.67. The molecule has 0 bridgehead atoms. The first-order valence-electron chi connectivity index (χ1n) is 7.52. The van der Waals surface area contributed by atoms with E-state index in [1.165, 1.54) is 14.2 Å². The van der Waals surface area contributed by atoms with Crippen molar-refractivity contribution in [2.75, 3.05) is 14.2 Å². The number of pyridine rings is 1. The molecule has 1 N–H and O–H groups in total. The molecule has 2 aromatic heterocycles. The van der Waals surface area contributed by atoms with E-state index in [4.69, 9.17) is 9.47 Å². The molecule has 0 saturated carbocycles. The predicted octanol–water partition coefficient (Wildman–Crippen LogP) is 1.61. The quantitative estimate of drug-likeness (QED) is 0.734. The molecule has 0 saturated heterocycles. The smallest absolute Gasteiger partial charge is 0.251 e. The van der Waals surface area contributed by atoms with Crippen molar-refractivity contribution in [2.45, 2.75) is 6.54 Å². The Kier molecular flexibility index (Phi) is 4.89. The van der Waals surface area contributed by atoms with Crippen LogP contribution in [0, 0.1) is 0 Å². The number of methoxy groups -OCH3 is 2. The molecule has 0 atom stereocenters. The van der Waals surface area contributed by atoms with Crippen LogP contribution in [0.2, 0.25) is 0 Å². The first-order valence-corrected chi connectivity index (χ1v) is 7.52. The highest BCUT2D eigenvalue weighted by Crippen LogP contribution is 2.22. The summed E-state index contributed by atoms with van der Waals surface area (Å²) in [5.41, 5.74) is 1.87. The number of benzene rings is 1. The molecule has 0 aliphatic carbocycles. The number of amides is 1. The van der Waals surface area contributed by atoms with E-state index in [-0.39, 0.29) is 12.5 Å². The normalized spacial score (nSPS) is 10.3. The largest absolute Gasteiger partial charge is 0.497 e. The summed E-state index contributed by atoms with van der Waals surface area (Å²) < 4.78 is 11.9. The molecule has 1 amide bonds. The van der Waals surface area contributed by atoms with Crippen molar-refractivity contribution in [3.8, 4) is 17.2 Å². The van der Waals surface area contributed by atoms with Crippen LogP contribution < -0.4 is 14.8 Å². The molecule has 0 spiro atoms. The summed E-state index contributed by atoms with van der Waals surface area (Å²) in [6.45, 7) is 0.249. The fourth-order valence-corrected chi connectivity index (χ4v) is 2.21. The Morgan fingerprint density at radius 1 is 1.20 bits per heavy atom. The fourth-order valence-electron chi connectivity index (χ4n) is 2.21. The van der Waals surface area contributed by atoms with Crippen LogP contribution in [-0.2, 0) is 6.54 Å². The molecule has 0 radical (unpaired) electrons. The first-order chi connectivity index (χ1) is 12.2. The maximum atomic E-state index is 12.3. The Bertz CT molecular complexity index is 841. The van der Waals surface area contributed by atoms with Crippen LogP contribution in [0.5, 0.6) is 11.5 Å². The third-order valence-electron chi connectivity index (χ3n) is 3.49. The molecule has 3 aromatic rings. The van der Waals surface area contributed by atoms with Crippen molar-refractivity contribution < 1.29 is 14.3 Å². The van der Waals surface area contributed by atoms with Crippen molar-refractivity contribution in [1.82, 2.24) is 25.3 Å². The molecule has 0 fully saturated rings. The van der Waals surface area contributed by atoms with Gasteiger partial charge in [-0.05, 0) is 24.3 Å². The van der Waals surface area contributed by atoms with Gasteiger partial charge >= 0.3 is 0 Å². The highest BCUT2D eigenvalue weighted by molar-refractivity contribution is 5.95. The van der Waals surface area contributed by atoms with Gasteiger partial charge in [0.1, 0.15) is 17.2 Å². The number of rotatable bonds is 6. The average Bonchev–Trinajstić information content (AvgIpc) is 3.15. The van der Waals surface area contributed by atoms with E-state index in [0.717, 1.165) is 5.69 Å². The first kappa shape index (κ1) is 16.4. The van der Waals surface area contributed by atoms with Crippen LogP contribution in [0.1, 0.15) is 16.1 Å². The number of nitrogens with zero attached hydrogens (tertiary/aromatic N) is 4. The van der Waals surface area contributed by atoms with Gasteiger partial charge in [-0.15, -0.1) is 5.10 Å². The molecule has 0 unspecified atom stereocenters. The Morgan fingerprint density at radius 2 is 1.96 bits per heavy atom. The molecule has 25 heavy (non-hydrogen) atoms.